The summed E-state index contributed by atoms with van der Waals surface area (Å²) in [6, 6.07) is -0.761. The van der Waals surface area contributed by atoms with Crippen LogP contribution >= 0.6 is 0 Å². The minimum atomic E-state index is -2.11. The van der Waals surface area contributed by atoms with Crippen molar-refractivity contribution < 1.29 is 23.5 Å². The topological polar surface area (TPSA) is 65.1 Å². The van der Waals surface area contributed by atoms with Gasteiger partial charge >= 0.3 is 5.97 Å². The quantitative estimate of drug-likeness (QED) is 0.530. The molecule has 25 heavy (non-hydrogen) atoms. The summed E-state index contributed by atoms with van der Waals surface area (Å²) in [7, 11) is -0.744. The molecule has 2 rings (SSSR count). The predicted octanol–water partition coefficient (Wildman–Crippen LogP) is 2.72. The van der Waals surface area contributed by atoms with E-state index in [0.717, 1.165) is 0 Å². The van der Waals surface area contributed by atoms with Gasteiger partial charge in [-0.25, -0.2) is 4.79 Å². The second kappa shape index (κ2) is 7.76. The summed E-state index contributed by atoms with van der Waals surface area (Å²) < 4.78 is 17.3. The molecule has 2 saturated heterocycles. The number of methoxy groups -OCH3 is 1. The molecule has 2 aliphatic rings. The van der Waals surface area contributed by atoms with Crippen LogP contribution in [0.4, 0.5) is 0 Å². The smallest absolute Gasteiger partial charge is 0.328 e. The lowest BCUT2D eigenvalue weighted by Gasteiger charge is -2.45. The second-order valence-electron chi connectivity index (χ2n) is 8.13. The van der Waals surface area contributed by atoms with Crippen LogP contribution in [0.1, 0.15) is 48.0 Å². The van der Waals surface area contributed by atoms with Gasteiger partial charge in [-0.2, -0.15) is 0 Å². The largest absolute Gasteiger partial charge is 0.467 e. The first-order valence-corrected chi connectivity index (χ1v) is 11.4. The highest BCUT2D eigenvalue weighted by molar-refractivity contribution is 6.77. The van der Waals surface area contributed by atoms with E-state index < -0.39 is 14.4 Å². The standard InChI is InChI=1S/C18H33NO5Si/c1-11(2)25(12(3)4,13(5)6)24-16-8-14(18(21)22-7)19-15(16)9-23-10-17(19)20/h11-16H,8-10H2,1-7H3/t14-,15-,16-/m0/s1. The van der Waals surface area contributed by atoms with Gasteiger partial charge in [-0.1, -0.05) is 41.5 Å². The fourth-order valence-corrected chi connectivity index (χ4v) is 10.5. The molecule has 0 aliphatic carbocycles. The maximum Gasteiger partial charge on any atom is 0.328 e. The van der Waals surface area contributed by atoms with Gasteiger partial charge in [0.25, 0.3) is 0 Å². The lowest BCUT2D eigenvalue weighted by atomic mass is 10.1. The van der Waals surface area contributed by atoms with Crippen LogP contribution in [0.3, 0.4) is 0 Å². The van der Waals surface area contributed by atoms with Gasteiger partial charge < -0.3 is 18.8 Å². The number of rotatable bonds is 6. The van der Waals surface area contributed by atoms with E-state index in [9.17, 15) is 9.59 Å². The molecule has 2 fully saturated rings. The number of morpholine rings is 1. The van der Waals surface area contributed by atoms with Gasteiger partial charge in [0, 0.05) is 6.42 Å². The van der Waals surface area contributed by atoms with Crippen LogP contribution in [0, 0.1) is 0 Å². The molecule has 0 aromatic heterocycles. The zero-order chi connectivity index (χ0) is 18.9. The average Bonchev–Trinajstić information content (AvgIpc) is 2.90. The average molecular weight is 372 g/mol. The van der Waals surface area contributed by atoms with E-state index in [4.69, 9.17) is 13.9 Å². The number of fused-ring (bicyclic) bond motifs is 1. The summed E-state index contributed by atoms with van der Waals surface area (Å²) in [6.07, 6.45) is 0.320. The normalized spacial score (nSPS) is 27.4. The Kier molecular flexibility index (Phi) is 6.33. The van der Waals surface area contributed by atoms with Crippen molar-refractivity contribution in [1.82, 2.24) is 4.90 Å². The SMILES string of the molecule is COC(=O)[C@@H]1C[C@H](O[Si](C(C)C)(C(C)C)C(C)C)[C@@H]2COCC(=O)N12. The molecule has 6 nitrogen and oxygen atoms in total. The Hall–Kier alpha value is -0.923. The maximum atomic E-state index is 12.4. The van der Waals surface area contributed by atoms with Crippen molar-refractivity contribution in [3.8, 4) is 0 Å². The van der Waals surface area contributed by atoms with E-state index >= 15 is 0 Å². The van der Waals surface area contributed by atoms with Crippen LogP contribution in [0.15, 0.2) is 0 Å². The van der Waals surface area contributed by atoms with Crippen LogP contribution in [-0.2, 0) is 23.5 Å². The minimum absolute atomic E-state index is 0.0256. The van der Waals surface area contributed by atoms with Crippen LogP contribution in [-0.4, -0.2) is 63.6 Å². The van der Waals surface area contributed by atoms with Gasteiger partial charge in [0.15, 0.2) is 0 Å². The number of amides is 1. The first kappa shape index (κ1) is 20.4. The van der Waals surface area contributed by atoms with Crippen molar-refractivity contribution in [3.63, 3.8) is 0 Å². The van der Waals surface area contributed by atoms with Crippen LogP contribution in [0.2, 0.25) is 16.6 Å². The summed E-state index contributed by atoms with van der Waals surface area (Å²) >= 11 is 0. The van der Waals surface area contributed by atoms with E-state index in [-0.39, 0.29) is 30.6 Å². The van der Waals surface area contributed by atoms with Gasteiger partial charge in [-0.15, -0.1) is 0 Å². The monoisotopic (exact) mass is 371 g/mol. The van der Waals surface area contributed by atoms with E-state index in [2.05, 4.69) is 41.5 Å². The van der Waals surface area contributed by atoms with Crippen molar-refractivity contribution in [1.29, 1.82) is 0 Å². The maximum absolute atomic E-state index is 12.4. The Morgan fingerprint density at radius 1 is 1.16 bits per heavy atom. The number of ether oxygens (including phenoxy) is 2. The Morgan fingerprint density at radius 3 is 2.20 bits per heavy atom. The van der Waals surface area contributed by atoms with Crippen molar-refractivity contribution in [2.24, 2.45) is 0 Å². The van der Waals surface area contributed by atoms with Gasteiger partial charge in [-0.05, 0) is 16.6 Å². The van der Waals surface area contributed by atoms with Crippen LogP contribution in [0.5, 0.6) is 0 Å². The third kappa shape index (κ3) is 3.51. The van der Waals surface area contributed by atoms with E-state index in [0.29, 0.717) is 29.7 Å². The summed E-state index contributed by atoms with van der Waals surface area (Å²) in [5.74, 6) is -0.513. The van der Waals surface area contributed by atoms with Gasteiger partial charge in [-0.3, -0.25) is 4.79 Å². The zero-order valence-corrected chi connectivity index (χ0v) is 17.6. The number of esters is 1. The molecule has 0 spiro atoms. The number of hydrogen-bond acceptors (Lipinski definition) is 5. The van der Waals surface area contributed by atoms with Crippen molar-refractivity contribution in [2.45, 2.75) is 82.8 Å². The first-order valence-electron chi connectivity index (χ1n) is 9.31. The third-order valence-corrected chi connectivity index (χ3v) is 12.0. The Balaban J connectivity index is 2.34. The van der Waals surface area contributed by atoms with E-state index in [1.165, 1.54) is 7.11 Å². The summed E-state index contributed by atoms with van der Waals surface area (Å²) in [6.45, 7) is 13.9. The number of nitrogens with zero attached hydrogens (tertiary/aromatic N) is 1. The molecule has 144 valence electrons. The fourth-order valence-electron chi connectivity index (χ4n) is 4.93. The highest BCUT2D eigenvalue weighted by atomic mass is 28.4. The predicted molar refractivity (Wildman–Crippen MR) is 97.8 cm³/mol. The van der Waals surface area contributed by atoms with Crippen molar-refractivity contribution >= 4 is 20.2 Å². The van der Waals surface area contributed by atoms with Gasteiger partial charge in [0.05, 0.1) is 25.9 Å². The van der Waals surface area contributed by atoms with Crippen LogP contribution < -0.4 is 0 Å². The van der Waals surface area contributed by atoms with E-state index in [1.807, 2.05) is 0 Å². The molecule has 0 aromatic rings. The molecule has 0 radical (unpaired) electrons. The van der Waals surface area contributed by atoms with Crippen molar-refractivity contribution in [3.05, 3.63) is 0 Å². The van der Waals surface area contributed by atoms with E-state index in [1.54, 1.807) is 4.90 Å². The van der Waals surface area contributed by atoms with Crippen LogP contribution in [0.25, 0.3) is 0 Å². The molecule has 2 aliphatic heterocycles. The lowest BCUT2D eigenvalue weighted by molar-refractivity contribution is -0.160. The lowest BCUT2D eigenvalue weighted by Crippen LogP contribution is -2.56. The molecule has 3 atom stereocenters. The highest BCUT2D eigenvalue weighted by Crippen LogP contribution is 2.45. The van der Waals surface area contributed by atoms with Gasteiger partial charge in [0.2, 0.25) is 14.2 Å². The molecule has 0 N–H and O–H groups in total. The molecule has 0 aromatic carbocycles. The number of hydrogen-bond donors (Lipinski definition) is 0. The molecule has 0 bridgehead atoms. The Labute approximate surface area is 152 Å². The number of carbonyl (C=O) groups is 2. The first-order chi connectivity index (χ1) is 11.7. The molecular weight excluding hydrogens is 338 g/mol. The fraction of sp³-hybridized carbons (Fsp3) is 0.889. The summed E-state index contributed by atoms with van der Waals surface area (Å²) in [5.41, 5.74) is 1.33. The van der Waals surface area contributed by atoms with Gasteiger partial charge in [0.1, 0.15) is 12.6 Å². The third-order valence-electron chi connectivity index (χ3n) is 5.92. The second-order valence-corrected chi connectivity index (χ2v) is 13.5. The molecule has 1 amide bonds. The molecule has 0 unspecified atom stereocenters. The summed E-state index contributed by atoms with van der Waals surface area (Å²) in [4.78, 5) is 26.2. The zero-order valence-electron chi connectivity index (χ0n) is 16.6. The molecular formula is C18H33NO5Si. The summed E-state index contributed by atoms with van der Waals surface area (Å²) in [5, 5.41) is 0. The number of carbonyl (C=O) groups excluding carboxylic acids is 2. The Bertz CT molecular complexity index is 486. The molecule has 7 heteroatoms. The minimum Gasteiger partial charge on any atom is -0.467 e. The Morgan fingerprint density at radius 2 is 1.72 bits per heavy atom. The molecule has 0 saturated carbocycles. The van der Waals surface area contributed by atoms with Crippen molar-refractivity contribution in [2.75, 3.05) is 20.3 Å². The molecule has 2 heterocycles. The highest BCUT2D eigenvalue weighted by Gasteiger charge is 2.54.